The first-order chi connectivity index (χ1) is 10.8. The summed E-state index contributed by atoms with van der Waals surface area (Å²) in [5.74, 6) is 1.11. The zero-order valence-corrected chi connectivity index (χ0v) is 14.2. The molecule has 6 heteroatoms. The molecule has 1 aromatic rings. The lowest BCUT2D eigenvalue weighted by atomic mass is 9.91. The number of nitrogens with zero attached hydrogens (tertiary/aromatic N) is 1. The fraction of sp³-hybridized carbons (Fsp3) is 0.647. The predicted octanol–water partition coefficient (Wildman–Crippen LogP) is 2.92. The van der Waals surface area contributed by atoms with Gasteiger partial charge in [-0.2, -0.15) is 0 Å². The minimum absolute atomic E-state index is 0.0114. The van der Waals surface area contributed by atoms with Crippen LogP contribution in [0.1, 0.15) is 30.9 Å². The van der Waals surface area contributed by atoms with Crippen molar-refractivity contribution in [1.82, 2.24) is 4.90 Å². The highest BCUT2D eigenvalue weighted by Gasteiger charge is 2.51. The summed E-state index contributed by atoms with van der Waals surface area (Å²) in [6, 6.07) is 6.55. The summed E-state index contributed by atoms with van der Waals surface area (Å²) in [5.41, 5.74) is 1.15. The van der Waals surface area contributed by atoms with Crippen LogP contribution in [0.25, 0.3) is 0 Å². The SMILES string of the molecule is C[C@@H](Cc1ccc(C(F)F)cc1)CN1CCC2(C1)CS(=O)(=O)C2. The maximum atomic E-state index is 12.5. The summed E-state index contributed by atoms with van der Waals surface area (Å²) >= 11 is 0. The van der Waals surface area contributed by atoms with E-state index in [-0.39, 0.29) is 11.0 Å². The maximum Gasteiger partial charge on any atom is 0.263 e. The Kier molecular flexibility index (Phi) is 4.49. The minimum atomic E-state index is -2.77. The molecule has 1 aromatic carbocycles. The quantitative estimate of drug-likeness (QED) is 0.825. The van der Waals surface area contributed by atoms with Gasteiger partial charge in [-0.3, -0.25) is 0 Å². The molecular formula is C17H23F2NO2S. The lowest BCUT2D eigenvalue weighted by Gasteiger charge is -2.37. The maximum absolute atomic E-state index is 12.5. The molecule has 23 heavy (non-hydrogen) atoms. The van der Waals surface area contributed by atoms with Gasteiger partial charge in [0.1, 0.15) is 0 Å². The summed E-state index contributed by atoms with van der Waals surface area (Å²) in [6.07, 6.45) is -0.589. The highest BCUT2D eigenvalue weighted by Crippen LogP contribution is 2.41. The van der Waals surface area contributed by atoms with Crippen LogP contribution in [0.3, 0.4) is 0 Å². The number of benzene rings is 1. The Labute approximate surface area is 136 Å². The van der Waals surface area contributed by atoms with Gasteiger partial charge in [0.2, 0.25) is 0 Å². The first kappa shape index (κ1) is 16.8. The van der Waals surface area contributed by atoms with E-state index in [2.05, 4.69) is 11.8 Å². The molecule has 3 rings (SSSR count). The first-order valence-electron chi connectivity index (χ1n) is 8.07. The third-order valence-electron chi connectivity index (χ3n) is 4.96. The lowest BCUT2D eigenvalue weighted by Crippen LogP contribution is -2.50. The largest absolute Gasteiger partial charge is 0.302 e. The van der Waals surface area contributed by atoms with E-state index in [1.54, 1.807) is 12.1 Å². The number of likely N-dealkylation sites (tertiary alicyclic amines) is 1. The lowest BCUT2D eigenvalue weighted by molar-refractivity contribution is 0.151. The van der Waals surface area contributed by atoms with Crippen molar-refractivity contribution < 1.29 is 17.2 Å². The summed E-state index contributed by atoms with van der Waals surface area (Å²) < 4.78 is 47.9. The molecule has 2 aliphatic rings. The molecule has 1 spiro atoms. The van der Waals surface area contributed by atoms with Gasteiger partial charge >= 0.3 is 0 Å². The Morgan fingerprint density at radius 3 is 2.43 bits per heavy atom. The van der Waals surface area contributed by atoms with E-state index in [4.69, 9.17) is 0 Å². The molecular weight excluding hydrogens is 320 g/mol. The number of rotatable bonds is 5. The topological polar surface area (TPSA) is 37.4 Å². The second-order valence-corrected chi connectivity index (χ2v) is 9.43. The molecule has 2 heterocycles. The molecule has 2 fully saturated rings. The number of hydrogen-bond acceptors (Lipinski definition) is 3. The van der Waals surface area contributed by atoms with E-state index in [0.717, 1.165) is 38.0 Å². The van der Waals surface area contributed by atoms with E-state index in [1.165, 1.54) is 12.1 Å². The Morgan fingerprint density at radius 1 is 1.22 bits per heavy atom. The van der Waals surface area contributed by atoms with Crippen molar-refractivity contribution in [3.63, 3.8) is 0 Å². The van der Waals surface area contributed by atoms with Crippen LogP contribution >= 0.6 is 0 Å². The molecule has 0 N–H and O–H groups in total. The predicted molar refractivity (Wildman–Crippen MR) is 86.4 cm³/mol. The first-order valence-corrected chi connectivity index (χ1v) is 9.89. The van der Waals surface area contributed by atoms with E-state index in [1.807, 2.05) is 0 Å². The van der Waals surface area contributed by atoms with Gasteiger partial charge in [-0.05, 0) is 30.9 Å². The monoisotopic (exact) mass is 343 g/mol. The zero-order valence-electron chi connectivity index (χ0n) is 13.3. The Morgan fingerprint density at radius 2 is 1.87 bits per heavy atom. The average Bonchev–Trinajstić information content (AvgIpc) is 2.80. The van der Waals surface area contributed by atoms with Crippen LogP contribution in [0.15, 0.2) is 24.3 Å². The zero-order chi connectivity index (χ0) is 16.7. The number of sulfone groups is 1. The van der Waals surface area contributed by atoms with Crippen LogP contribution in [-0.2, 0) is 16.3 Å². The van der Waals surface area contributed by atoms with Gasteiger partial charge < -0.3 is 4.90 Å². The number of alkyl halides is 2. The van der Waals surface area contributed by atoms with Gasteiger partial charge in [-0.15, -0.1) is 0 Å². The normalized spacial score (nSPS) is 24.0. The Balaban J connectivity index is 1.49. The van der Waals surface area contributed by atoms with Crippen molar-refractivity contribution in [2.45, 2.75) is 26.2 Å². The molecule has 2 saturated heterocycles. The van der Waals surface area contributed by atoms with Crippen LogP contribution in [0.5, 0.6) is 0 Å². The number of hydrogen-bond donors (Lipinski definition) is 0. The van der Waals surface area contributed by atoms with Gasteiger partial charge in [0, 0.05) is 24.1 Å². The van der Waals surface area contributed by atoms with Crippen LogP contribution in [0.2, 0.25) is 0 Å². The highest BCUT2D eigenvalue weighted by molar-refractivity contribution is 7.92. The Hall–Kier alpha value is -1.01. The van der Waals surface area contributed by atoms with Crippen LogP contribution in [0, 0.1) is 11.3 Å². The molecule has 128 valence electrons. The van der Waals surface area contributed by atoms with Gasteiger partial charge in [-0.1, -0.05) is 31.2 Å². The fourth-order valence-corrected chi connectivity index (χ4v) is 6.27. The fourth-order valence-electron chi connectivity index (χ4n) is 4.02. The summed E-state index contributed by atoms with van der Waals surface area (Å²) in [7, 11) is -2.77. The van der Waals surface area contributed by atoms with E-state index in [9.17, 15) is 17.2 Å². The molecule has 0 radical (unpaired) electrons. The third kappa shape index (κ3) is 3.91. The van der Waals surface area contributed by atoms with Crippen molar-refractivity contribution in [2.24, 2.45) is 11.3 Å². The molecule has 2 aliphatic heterocycles. The minimum Gasteiger partial charge on any atom is -0.302 e. The van der Waals surface area contributed by atoms with E-state index >= 15 is 0 Å². The van der Waals surface area contributed by atoms with Gasteiger partial charge in [0.05, 0.1) is 11.5 Å². The van der Waals surface area contributed by atoms with E-state index in [0.29, 0.717) is 17.4 Å². The average molecular weight is 343 g/mol. The second-order valence-electron chi connectivity index (χ2n) is 7.37. The molecule has 0 aliphatic carbocycles. The summed E-state index contributed by atoms with van der Waals surface area (Å²) in [6.45, 7) is 4.92. The summed E-state index contributed by atoms with van der Waals surface area (Å²) in [5, 5.41) is 0. The molecule has 0 saturated carbocycles. The molecule has 0 bridgehead atoms. The van der Waals surface area contributed by atoms with Crippen molar-refractivity contribution >= 4 is 9.84 Å². The van der Waals surface area contributed by atoms with Crippen molar-refractivity contribution in [1.29, 1.82) is 0 Å². The van der Waals surface area contributed by atoms with Crippen molar-refractivity contribution in [2.75, 3.05) is 31.1 Å². The van der Waals surface area contributed by atoms with Crippen molar-refractivity contribution in [3.05, 3.63) is 35.4 Å². The van der Waals surface area contributed by atoms with E-state index < -0.39 is 16.3 Å². The molecule has 0 aromatic heterocycles. The van der Waals surface area contributed by atoms with Gasteiger partial charge in [0.15, 0.2) is 9.84 Å². The van der Waals surface area contributed by atoms with Crippen LogP contribution in [0.4, 0.5) is 8.78 Å². The van der Waals surface area contributed by atoms with Gasteiger partial charge in [0.25, 0.3) is 6.43 Å². The molecule has 3 nitrogen and oxygen atoms in total. The number of halogens is 2. The highest BCUT2D eigenvalue weighted by atomic mass is 32.2. The molecule has 0 unspecified atom stereocenters. The van der Waals surface area contributed by atoms with Crippen LogP contribution < -0.4 is 0 Å². The summed E-state index contributed by atoms with van der Waals surface area (Å²) in [4.78, 5) is 2.35. The standard InChI is InChI=1S/C17H23F2NO2S/c1-13(8-14-2-4-15(5-3-14)16(18)19)9-20-7-6-17(10-20)11-23(21,22)12-17/h2-5,13,16H,6-12H2,1H3/t13-/m0/s1. The second kappa shape index (κ2) is 6.13. The third-order valence-corrected chi connectivity index (χ3v) is 7.06. The smallest absolute Gasteiger partial charge is 0.263 e. The molecule has 0 amide bonds. The van der Waals surface area contributed by atoms with Crippen molar-refractivity contribution in [3.8, 4) is 0 Å². The van der Waals surface area contributed by atoms with Crippen LogP contribution in [-0.4, -0.2) is 44.5 Å². The molecule has 1 atom stereocenters. The van der Waals surface area contributed by atoms with Gasteiger partial charge in [-0.25, -0.2) is 17.2 Å². The Bertz CT molecular complexity index is 646.